The maximum atomic E-state index is 13.0. The highest BCUT2D eigenvalue weighted by Crippen LogP contribution is 2.63. The maximum absolute atomic E-state index is 13.0. The fourth-order valence-corrected chi connectivity index (χ4v) is 9.42. The lowest BCUT2D eigenvalue weighted by atomic mass is 10.2. The summed E-state index contributed by atoms with van der Waals surface area (Å²) in [5, 5.41) is 3.30. The molecule has 0 aliphatic heterocycles. The van der Waals surface area contributed by atoms with Crippen molar-refractivity contribution >= 4 is 32.4 Å². The van der Waals surface area contributed by atoms with E-state index >= 15 is 0 Å². The molecule has 0 N–H and O–H groups in total. The molecule has 0 fully saturated rings. The molecule has 0 aliphatic rings. The van der Waals surface area contributed by atoms with E-state index in [0.29, 0.717) is 0 Å². The third-order valence-electron chi connectivity index (χ3n) is 4.36. The van der Waals surface area contributed by atoms with Crippen molar-refractivity contribution in [2.45, 2.75) is 51.9 Å². The van der Waals surface area contributed by atoms with Crippen LogP contribution in [0.15, 0.2) is 71.8 Å². The van der Waals surface area contributed by atoms with E-state index in [0.717, 1.165) is 15.9 Å². The van der Waals surface area contributed by atoms with Gasteiger partial charge in [-0.3, -0.25) is 0 Å². The van der Waals surface area contributed by atoms with Crippen molar-refractivity contribution in [3.8, 4) is 0 Å². The van der Waals surface area contributed by atoms with Gasteiger partial charge in [0.15, 0.2) is 0 Å². The number of carbonyl (C=O) groups excluding carboxylic acids is 1. The minimum Gasteiger partial charge on any atom is -0.465 e. The Balaban J connectivity index is 2.73. The molecule has 0 aromatic heterocycles. The van der Waals surface area contributed by atoms with Gasteiger partial charge in [-0.1, -0.05) is 110 Å². The minimum absolute atomic E-state index is 0.0846. The van der Waals surface area contributed by atoms with Crippen molar-refractivity contribution in [2.24, 2.45) is 0 Å². The second-order valence-electron chi connectivity index (χ2n) is 8.72. The summed E-state index contributed by atoms with van der Waals surface area (Å²) in [5.74, 6) is 2.03. The van der Waals surface area contributed by atoms with Gasteiger partial charge in [-0.2, -0.15) is 0 Å². The summed E-state index contributed by atoms with van der Waals surface area (Å²) in [4.78, 5) is 13.0. The number of hydrogen-bond donors (Lipinski definition) is 0. The third kappa shape index (κ3) is 5.76. The standard InChI is InChI=1S/C24H32O2P2/c1-23(2,3)27(24(4,5)6)18-21(22(25)26-7)28(19-14-10-8-11-15-19)20-16-12-9-13-17-20/h8-18H,1-7H3/b21-18+. The molecule has 150 valence electrons. The molecule has 0 heterocycles. The van der Waals surface area contributed by atoms with E-state index in [1.165, 1.54) is 7.11 Å². The molecule has 0 saturated heterocycles. The van der Waals surface area contributed by atoms with Crippen LogP contribution in [0.4, 0.5) is 0 Å². The van der Waals surface area contributed by atoms with E-state index < -0.39 is 15.8 Å². The summed E-state index contributed by atoms with van der Waals surface area (Å²) in [6.45, 7) is 13.6. The molecular weight excluding hydrogens is 382 g/mol. The van der Waals surface area contributed by atoms with Crippen molar-refractivity contribution < 1.29 is 9.53 Å². The Kier molecular flexibility index (Phi) is 7.60. The van der Waals surface area contributed by atoms with Gasteiger partial charge in [-0.15, -0.1) is 0 Å². The predicted octanol–water partition coefficient (Wildman–Crippen LogP) is 6.21. The Hall–Kier alpha value is -1.49. The van der Waals surface area contributed by atoms with Gasteiger partial charge >= 0.3 is 5.97 Å². The van der Waals surface area contributed by atoms with Gasteiger partial charge in [-0.05, 0) is 34.7 Å². The summed E-state index contributed by atoms with van der Waals surface area (Å²) < 4.78 is 5.28. The van der Waals surface area contributed by atoms with Crippen LogP contribution in [-0.2, 0) is 9.53 Å². The number of esters is 1. The maximum Gasteiger partial charge on any atom is 0.338 e. The lowest BCUT2D eigenvalue weighted by Gasteiger charge is -2.40. The molecule has 28 heavy (non-hydrogen) atoms. The molecule has 2 rings (SSSR count). The summed E-state index contributed by atoms with van der Waals surface area (Å²) in [5.41, 5.74) is 0. The Morgan fingerprint density at radius 3 is 1.50 bits per heavy atom. The fraction of sp³-hybridized carbons (Fsp3) is 0.375. The predicted molar refractivity (Wildman–Crippen MR) is 126 cm³/mol. The van der Waals surface area contributed by atoms with Crippen LogP contribution in [0.2, 0.25) is 0 Å². The molecule has 0 atom stereocenters. The van der Waals surface area contributed by atoms with Gasteiger partial charge in [0.2, 0.25) is 0 Å². The Bertz CT molecular complexity index is 746. The molecule has 0 bridgehead atoms. The van der Waals surface area contributed by atoms with Gasteiger partial charge < -0.3 is 4.74 Å². The minimum atomic E-state index is -0.984. The number of hydrogen-bond acceptors (Lipinski definition) is 2. The van der Waals surface area contributed by atoms with E-state index in [9.17, 15) is 4.79 Å². The SMILES string of the molecule is COC(=O)/C(=C\P(C(C)(C)C)C(C)(C)C)P(c1ccccc1)c1ccccc1. The highest BCUT2D eigenvalue weighted by atomic mass is 31.1. The third-order valence-corrected chi connectivity index (χ3v) is 10.4. The smallest absolute Gasteiger partial charge is 0.338 e. The van der Waals surface area contributed by atoms with Crippen LogP contribution < -0.4 is 10.6 Å². The van der Waals surface area contributed by atoms with E-state index in [-0.39, 0.29) is 16.3 Å². The first kappa shape index (κ1) is 22.8. The number of ether oxygens (including phenoxy) is 1. The van der Waals surface area contributed by atoms with Crippen molar-refractivity contribution in [1.82, 2.24) is 0 Å². The van der Waals surface area contributed by atoms with E-state index in [1.807, 2.05) is 36.4 Å². The van der Waals surface area contributed by atoms with Crippen molar-refractivity contribution in [3.05, 3.63) is 71.8 Å². The Morgan fingerprint density at radius 1 is 0.786 bits per heavy atom. The van der Waals surface area contributed by atoms with Crippen LogP contribution in [0, 0.1) is 0 Å². The number of carbonyl (C=O) groups is 1. The van der Waals surface area contributed by atoms with E-state index in [1.54, 1.807) is 0 Å². The molecule has 2 nitrogen and oxygen atoms in total. The Labute approximate surface area is 172 Å². The quantitative estimate of drug-likeness (QED) is 0.330. The van der Waals surface area contributed by atoms with Crippen LogP contribution in [0.25, 0.3) is 0 Å². The summed E-state index contributed by atoms with van der Waals surface area (Å²) in [6, 6.07) is 20.7. The van der Waals surface area contributed by atoms with Gasteiger partial charge in [0.1, 0.15) is 0 Å². The highest BCUT2D eigenvalue weighted by molar-refractivity contribution is 7.78. The van der Waals surface area contributed by atoms with Gasteiger partial charge in [0.05, 0.1) is 12.4 Å². The first-order valence-electron chi connectivity index (χ1n) is 9.55. The summed E-state index contributed by atoms with van der Waals surface area (Å²) in [6.07, 6.45) is 0. The average molecular weight is 414 g/mol. The first-order chi connectivity index (χ1) is 13.1. The van der Waals surface area contributed by atoms with Crippen LogP contribution in [0.5, 0.6) is 0 Å². The summed E-state index contributed by atoms with van der Waals surface area (Å²) >= 11 is 0. The molecule has 0 radical (unpaired) electrons. The van der Waals surface area contributed by atoms with Crippen LogP contribution >= 0.6 is 15.8 Å². The average Bonchev–Trinajstić information content (AvgIpc) is 2.63. The lowest BCUT2D eigenvalue weighted by Crippen LogP contribution is -2.25. The first-order valence-corrected chi connectivity index (χ1v) is 12.3. The normalized spacial score (nSPS) is 13.1. The second-order valence-corrected chi connectivity index (χ2v) is 14.6. The van der Waals surface area contributed by atoms with E-state index in [2.05, 4.69) is 71.6 Å². The number of rotatable bonds is 5. The molecule has 0 saturated carbocycles. The summed E-state index contributed by atoms with van der Waals surface area (Å²) in [7, 11) is -0.0815. The van der Waals surface area contributed by atoms with Crippen LogP contribution in [0.1, 0.15) is 41.5 Å². The lowest BCUT2D eigenvalue weighted by molar-refractivity contribution is -0.135. The molecule has 2 aromatic rings. The molecule has 0 unspecified atom stereocenters. The number of benzene rings is 2. The zero-order valence-electron chi connectivity index (χ0n) is 18.1. The highest BCUT2D eigenvalue weighted by Gasteiger charge is 2.35. The fourth-order valence-electron chi connectivity index (χ4n) is 3.40. The zero-order valence-corrected chi connectivity index (χ0v) is 19.9. The van der Waals surface area contributed by atoms with Crippen molar-refractivity contribution in [1.29, 1.82) is 0 Å². The molecular formula is C24H32O2P2. The van der Waals surface area contributed by atoms with E-state index in [4.69, 9.17) is 4.74 Å². The van der Waals surface area contributed by atoms with Crippen LogP contribution in [-0.4, -0.2) is 23.4 Å². The Morgan fingerprint density at radius 2 is 1.18 bits per heavy atom. The topological polar surface area (TPSA) is 26.3 Å². The van der Waals surface area contributed by atoms with Gasteiger partial charge in [-0.25, -0.2) is 4.79 Å². The van der Waals surface area contributed by atoms with Crippen molar-refractivity contribution in [3.63, 3.8) is 0 Å². The molecule has 0 aliphatic carbocycles. The second kappa shape index (κ2) is 9.34. The molecule has 2 aromatic carbocycles. The number of methoxy groups -OCH3 is 1. The van der Waals surface area contributed by atoms with Crippen LogP contribution in [0.3, 0.4) is 0 Å². The van der Waals surface area contributed by atoms with Gasteiger partial charge in [0, 0.05) is 0 Å². The van der Waals surface area contributed by atoms with Crippen molar-refractivity contribution in [2.75, 3.05) is 7.11 Å². The molecule has 0 spiro atoms. The largest absolute Gasteiger partial charge is 0.465 e. The zero-order chi connectivity index (χ0) is 20.9. The van der Waals surface area contributed by atoms with Gasteiger partial charge in [0.25, 0.3) is 0 Å². The molecule has 0 amide bonds. The molecule has 4 heteroatoms. The monoisotopic (exact) mass is 414 g/mol.